The molecule has 0 radical (unpaired) electrons. The van der Waals surface area contributed by atoms with E-state index in [1.165, 1.54) is 12.1 Å². The van der Waals surface area contributed by atoms with Crippen molar-refractivity contribution in [2.75, 3.05) is 26.2 Å². The van der Waals surface area contributed by atoms with Gasteiger partial charge in [0.15, 0.2) is 0 Å². The predicted molar refractivity (Wildman–Crippen MR) is 79.0 cm³/mol. The molecule has 1 aromatic heterocycles. The Kier molecular flexibility index (Phi) is 3.91. The number of hydrogen-bond acceptors (Lipinski definition) is 2. The van der Waals surface area contributed by atoms with E-state index in [4.69, 9.17) is 0 Å². The number of piperazine rings is 1. The predicted octanol–water partition coefficient (Wildman–Crippen LogP) is 1.75. The molecule has 0 atom stereocenters. The van der Waals surface area contributed by atoms with Gasteiger partial charge in [0.25, 0.3) is 11.8 Å². The smallest absolute Gasteiger partial charge is 0.256 e. The van der Waals surface area contributed by atoms with Crippen molar-refractivity contribution < 1.29 is 14.0 Å². The van der Waals surface area contributed by atoms with Crippen LogP contribution in [0.25, 0.3) is 0 Å². The lowest BCUT2D eigenvalue weighted by atomic mass is 10.1. The second kappa shape index (κ2) is 6.01. The first-order valence-corrected chi connectivity index (χ1v) is 7.12. The Balaban J connectivity index is 1.63. The van der Waals surface area contributed by atoms with Gasteiger partial charge in [-0.2, -0.15) is 0 Å². The topological polar surface area (TPSA) is 56.4 Å². The number of nitrogens with one attached hydrogen (secondary N) is 1. The van der Waals surface area contributed by atoms with E-state index in [2.05, 4.69) is 4.98 Å². The van der Waals surface area contributed by atoms with Crippen LogP contribution < -0.4 is 0 Å². The first kappa shape index (κ1) is 14.3. The Morgan fingerprint density at radius 1 is 0.955 bits per heavy atom. The standard InChI is InChI=1S/C16H16FN3O2/c17-14-4-2-1-3-13(14)16(22)20-9-7-19(8-10-20)15(21)12-5-6-18-11-12/h1-6,11,18H,7-10H2. The lowest BCUT2D eigenvalue weighted by Crippen LogP contribution is -2.50. The van der Waals surface area contributed by atoms with Crippen LogP contribution in [0.1, 0.15) is 20.7 Å². The van der Waals surface area contributed by atoms with E-state index >= 15 is 0 Å². The van der Waals surface area contributed by atoms with Gasteiger partial charge in [-0.1, -0.05) is 12.1 Å². The second-order valence-electron chi connectivity index (χ2n) is 5.16. The van der Waals surface area contributed by atoms with E-state index in [0.29, 0.717) is 31.7 Å². The Labute approximate surface area is 127 Å². The van der Waals surface area contributed by atoms with Gasteiger partial charge in [-0.3, -0.25) is 9.59 Å². The summed E-state index contributed by atoms with van der Waals surface area (Å²) in [5, 5.41) is 0. The summed E-state index contributed by atoms with van der Waals surface area (Å²) in [5.74, 6) is -0.899. The monoisotopic (exact) mass is 301 g/mol. The zero-order valence-corrected chi connectivity index (χ0v) is 12.0. The molecule has 1 N–H and O–H groups in total. The Bertz CT molecular complexity index is 676. The molecule has 1 fully saturated rings. The summed E-state index contributed by atoms with van der Waals surface area (Å²) in [6.07, 6.45) is 3.35. The highest BCUT2D eigenvalue weighted by Crippen LogP contribution is 2.13. The molecule has 2 aromatic rings. The Hall–Kier alpha value is -2.63. The van der Waals surface area contributed by atoms with Crippen molar-refractivity contribution in [3.8, 4) is 0 Å². The van der Waals surface area contributed by atoms with Crippen LogP contribution >= 0.6 is 0 Å². The molecule has 0 bridgehead atoms. The number of carbonyl (C=O) groups excluding carboxylic acids is 2. The van der Waals surface area contributed by atoms with E-state index in [1.54, 1.807) is 40.4 Å². The van der Waals surface area contributed by atoms with Gasteiger partial charge >= 0.3 is 0 Å². The highest BCUT2D eigenvalue weighted by molar-refractivity contribution is 5.96. The first-order valence-electron chi connectivity index (χ1n) is 7.12. The molecule has 3 rings (SSSR count). The minimum Gasteiger partial charge on any atom is -0.367 e. The van der Waals surface area contributed by atoms with Crippen molar-refractivity contribution in [3.05, 3.63) is 59.7 Å². The number of carbonyl (C=O) groups is 2. The fourth-order valence-corrected chi connectivity index (χ4v) is 2.56. The molecule has 0 spiro atoms. The van der Waals surface area contributed by atoms with Gasteiger partial charge in [0.1, 0.15) is 5.82 Å². The van der Waals surface area contributed by atoms with Crippen molar-refractivity contribution in [3.63, 3.8) is 0 Å². The molecule has 2 amide bonds. The van der Waals surface area contributed by atoms with Crippen LogP contribution in [-0.2, 0) is 0 Å². The Morgan fingerprint density at radius 2 is 1.59 bits per heavy atom. The number of hydrogen-bond donors (Lipinski definition) is 1. The van der Waals surface area contributed by atoms with Crippen molar-refractivity contribution in [2.45, 2.75) is 0 Å². The SMILES string of the molecule is O=C(c1cc[nH]c1)N1CCN(C(=O)c2ccccc2F)CC1. The van der Waals surface area contributed by atoms with E-state index < -0.39 is 5.82 Å². The van der Waals surface area contributed by atoms with Crippen LogP contribution in [0, 0.1) is 5.82 Å². The van der Waals surface area contributed by atoms with E-state index in [-0.39, 0.29) is 17.4 Å². The summed E-state index contributed by atoms with van der Waals surface area (Å²) >= 11 is 0. The number of amides is 2. The van der Waals surface area contributed by atoms with Gasteiger partial charge < -0.3 is 14.8 Å². The third-order valence-corrected chi connectivity index (χ3v) is 3.80. The summed E-state index contributed by atoms with van der Waals surface area (Å²) in [6.45, 7) is 1.71. The van der Waals surface area contributed by atoms with E-state index in [0.717, 1.165) is 0 Å². The molecule has 0 unspecified atom stereocenters. The van der Waals surface area contributed by atoms with Gasteiger partial charge in [-0.15, -0.1) is 0 Å². The number of aromatic nitrogens is 1. The molecule has 0 aliphatic carbocycles. The highest BCUT2D eigenvalue weighted by Gasteiger charge is 2.26. The molecule has 1 saturated heterocycles. The van der Waals surface area contributed by atoms with Crippen LogP contribution in [-0.4, -0.2) is 52.8 Å². The summed E-state index contributed by atoms with van der Waals surface area (Å²) in [7, 11) is 0. The minimum atomic E-state index is -0.515. The Morgan fingerprint density at radius 3 is 2.18 bits per heavy atom. The fraction of sp³-hybridized carbons (Fsp3) is 0.250. The third kappa shape index (κ3) is 2.72. The lowest BCUT2D eigenvalue weighted by molar-refractivity contribution is 0.0533. The van der Waals surface area contributed by atoms with Crippen molar-refractivity contribution >= 4 is 11.8 Å². The molecule has 114 valence electrons. The van der Waals surface area contributed by atoms with Crippen molar-refractivity contribution in [1.82, 2.24) is 14.8 Å². The lowest BCUT2D eigenvalue weighted by Gasteiger charge is -2.34. The molecule has 1 aliphatic heterocycles. The van der Waals surface area contributed by atoms with Gasteiger partial charge in [0.2, 0.25) is 0 Å². The maximum absolute atomic E-state index is 13.7. The second-order valence-corrected chi connectivity index (χ2v) is 5.16. The van der Waals surface area contributed by atoms with Crippen LogP contribution in [0.15, 0.2) is 42.7 Å². The van der Waals surface area contributed by atoms with Crippen LogP contribution in [0.3, 0.4) is 0 Å². The molecule has 2 heterocycles. The number of nitrogens with zero attached hydrogens (tertiary/aromatic N) is 2. The number of H-pyrrole nitrogens is 1. The molecule has 0 saturated carbocycles. The fourth-order valence-electron chi connectivity index (χ4n) is 2.56. The highest BCUT2D eigenvalue weighted by atomic mass is 19.1. The normalized spacial score (nSPS) is 15.0. The number of benzene rings is 1. The summed E-state index contributed by atoms with van der Waals surface area (Å²) < 4.78 is 13.7. The first-order chi connectivity index (χ1) is 10.7. The molecule has 5 nitrogen and oxygen atoms in total. The van der Waals surface area contributed by atoms with E-state index in [1.807, 2.05) is 0 Å². The zero-order chi connectivity index (χ0) is 15.5. The van der Waals surface area contributed by atoms with Gasteiger partial charge in [0, 0.05) is 38.6 Å². The van der Waals surface area contributed by atoms with Gasteiger partial charge in [-0.05, 0) is 18.2 Å². The molecular weight excluding hydrogens is 285 g/mol. The maximum atomic E-state index is 13.7. The number of aromatic amines is 1. The summed E-state index contributed by atoms with van der Waals surface area (Å²) in [4.78, 5) is 30.6. The third-order valence-electron chi connectivity index (χ3n) is 3.80. The van der Waals surface area contributed by atoms with Crippen LogP contribution in [0.4, 0.5) is 4.39 Å². The number of halogens is 1. The number of rotatable bonds is 2. The zero-order valence-electron chi connectivity index (χ0n) is 12.0. The average Bonchev–Trinajstić information content (AvgIpc) is 3.09. The summed E-state index contributed by atoms with van der Waals surface area (Å²) in [5.41, 5.74) is 0.682. The van der Waals surface area contributed by atoms with Crippen LogP contribution in [0.2, 0.25) is 0 Å². The van der Waals surface area contributed by atoms with Crippen molar-refractivity contribution in [2.24, 2.45) is 0 Å². The molecule has 6 heteroatoms. The largest absolute Gasteiger partial charge is 0.367 e. The quantitative estimate of drug-likeness (QED) is 0.919. The van der Waals surface area contributed by atoms with Gasteiger partial charge in [-0.25, -0.2) is 4.39 Å². The average molecular weight is 301 g/mol. The maximum Gasteiger partial charge on any atom is 0.256 e. The minimum absolute atomic E-state index is 0.0563. The van der Waals surface area contributed by atoms with Crippen molar-refractivity contribution in [1.29, 1.82) is 0 Å². The van der Waals surface area contributed by atoms with Crippen LogP contribution in [0.5, 0.6) is 0 Å². The van der Waals surface area contributed by atoms with Gasteiger partial charge in [0.05, 0.1) is 11.1 Å². The molecule has 22 heavy (non-hydrogen) atoms. The molecular formula is C16H16FN3O2. The van der Waals surface area contributed by atoms with E-state index in [9.17, 15) is 14.0 Å². The molecule has 1 aromatic carbocycles. The summed E-state index contributed by atoms with van der Waals surface area (Å²) in [6, 6.07) is 7.68. The molecule has 1 aliphatic rings.